The fourth-order valence-corrected chi connectivity index (χ4v) is 3.14. The largest absolute Gasteiger partial charge is 0.327 e. The number of benzene rings is 1. The first kappa shape index (κ1) is 15.9. The maximum Gasteiger partial charge on any atom is 0.139 e. The number of fused-ring (bicyclic) bond motifs is 1. The molecule has 1 heterocycles. The number of aryl methyl sites for hydroxylation is 1. The highest BCUT2D eigenvalue weighted by atomic mass is 79.9. The lowest BCUT2D eigenvalue weighted by Gasteiger charge is -2.10. The van der Waals surface area contributed by atoms with Crippen LogP contribution in [0.3, 0.4) is 0 Å². The Morgan fingerprint density at radius 2 is 2.25 bits per heavy atom. The summed E-state index contributed by atoms with van der Waals surface area (Å²) in [5, 5.41) is -0.267. The summed E-state index contributed by atoms with van der Waals surface area (Å²) in [7, 11) is -0.834. The van der Waals surface area contributed by atoms with Crippen molar-refractivity contribution in [2.24, 2.45) is 0 Å². The van der Waals surface area contributed by atoms with Crippen molar-refractivity contribution < 1.29 is 8.60 Å². The van der Waals surface area contributed by atoms with Gasteiger partial charge in [0.15, 0.2) is 0 Å². The zero-order valence-corrected chi connectivity index (χ0v) is 14.4. The summed E-state index contributed by atoms with van der Waals surface area (Å²) in [6, 6.07) is 3.11. The van der Waals surface area contributed by atoms with Gasteiger partial charge in [0.2, 0.25) is 0 Å². The van der Waals surface area contributed by atoms with Crippen molar-refractivity contribution in [2.45, 2.75) is 25.3 Å². The third kappa shape index (κ3) is 3.40. The van der Waals surface area contributed by atoms with E-state index in [-0.39, 0.29) is 11.2 Å². The highest BCUT2D eigenvalue weighted by molar-refractivity contribution is 9.10. The first-order chi connectivity index (χ1) is 9.40. The quantitative estimate of drug-likeness (QED) is 0.734. The zero-order valence-electron chi connectivity index (χ0n) is 11.2. The molecule has 0 radical (unpaired) electrons. The molecular weight excluding hydrogens is 367 g/mol. The highest BCUT2D eigenvalue weighted by Gasteiger charge is 2.16. The molecule has 0 saturated carbocycles. The molecule has 1 aromatic heterocycles. The molecule has 0 aliphatic heterocycles. The maximum atomic E-state index is 13.7. The molecule has 0 N–H and O–H groups in total. The number of rotatable bonds is 5. The predicted molar refractivity (Wildman–Crippen MR) is 85.2 cm³/mol. The Morgan fingerprint density at radius 3 is 2.85 bits per heavy atom. The number of aromatic nitrogens is 2. The summed E-state index contributed by atoms with van der Waals surface area (Å²) in [4.78, 5) is 4.47. The van der Waals surface area contributed by atoms with Crippen molar-refractivity contribution in [1.29, 1.82) is 0 Å². The van der Waals surface area contributed by atoms with Crippen molar-refractivity contribution in [3.8, 4) is 0 Å². The number of imidazole rings is 1. The molecule has 20 heavy (non-hydrogen) atoms. The fourth-order valence-electron chi connectivity index (χ4n) is 2.10. The first-order valence-corrected chi connectivity index (χ1v) is 9.15. The van der Waals surface area contributed by atoms with Gasteiger partial charge in [-0.25, -0.2) is 9.37 Å². The molecule has 0 amide bonds. The van der Waals surface area contributed by atoms with E-state index >= 15 is 0 Å². The van der Waals surface area contributed by atoms with E-state index in [9.17, 15) is 8.60 Å². The van der Waals surface area contributed by atoms with Gasteiger partial charge in [-0.15, -0.1) is 11.6 Å². The number of halogens is 3. The second-order valence-corrected chi connectivity index (χ2v) is 7.69. The average Bonchev–Trinajstić information content (AvgIpc) is 2.68. The average molecular weight is 382 g/mol. The predicted octanol–water partition coefficient (Wildman–Crippen LogP) is 4.01. The Balaban J connectivity index is 2.45. The normalized spacial score (nSPS) is 14.7. The van der Waals surface area contributed by atoms with E-state index in [0.717, 1.165) is 11.9 Å². The molecule has 2 rings (SSSR count). The van der Waals surface area contributed by atoms with E-state index in [4.69, 9.17) is 11.6 Å². The van der Waals surface area contributed by atoms with Gasteiger partial charge in [-0.1, -0.05) is 0 Å². The molecule has 0 aliphatic rings. The van der Waals surface area contributed by atoms with Crippen LogP contribution in [-0.2, 0) is 17.3 Å². The molecule has 0 saturated heterocycles. The third-order valence-corrected chi connectivity index (χ3v) is 4.66. The van der Waals surface area contributed by atoms with Crippen molar-refractivity contribution in [3.05, 3.63) is 28.2 Å². The zero-order chi connectivity index (χ0) is 14.9. The molecule has 0 spiro atoms. The van der Waals surface area contributed by atoms with Crippen LogP contribution in [0, 0.1) is 5.82 Å². The van der Waals surface area contributed by atoms with Crippen molar-refractivity contribution in [2.75, 3.05) is 12.0 Å². The summed E-state index contributed by atoms with van der Waals surface area (Å²) >= 11 is 9.31. The van der Waals surface area contributed by atoms with Crippen LogP contribution in [0.5, 0.6) is 0 Å². The van der Waals surface area contributed by atoms with E-state index in [0.29, 0.717) is 28.1 Å². The number of hydrogen-bond acceptors (Lipinski definition) is 2. The van der Waals surface area contributed by atoms with Gasteiger partial charge in [0.05, 0.1) is 20.9 Å². The lowest BCUT2D eigenvalue weighted by atomic mass is 10.3. The molecule has 7 heteroatoms. The maximum absolute atomic E-state index is 13.7. The standard InChI is InChI=1S/C13H15BrClFN2OS/c1-8(15)13-17-11-6-9(14)10(16)7-12(11)18(13)4-3-5-20(2)19/h6-8H,3-5H2,1-2H3. The highest BCUT2D eigenvalue weighted by Crippen LogP contribution is 2.28. The Kier molecular flexibility index (Phi) is 5.20. The second-order valence-electron chi connectivity index (χ2n) is 4.62. The van der Waals surface area contributed by atoms with E-state index < -0.39 is 10.8 Å². The summed E-state index contributed by atoms with van der Waals surface area (Å²) < 4.78 is 27.2. The SMILES string of the molecule is CC(Cl)c1nc2cc(Br)c(F)cc2n1CCCS(C)=O. The summed E-state index contributed by atoms with van der Waals surface area (Å²) in [6.45, 7) is 2.46. The number of hydrogen-bond donors (Lipinski definition) is 0. The van der Waals surface area contributed by atoms with Crippen LogP contribution in [0.2, 0.25) is 0 Å². The number of nitrogens with zero attached hydrogens (tertiary/aromatic N) is 2. The molecule has 110 valence electrons. The monoisotopic (exact) mass is 380 g/mol. The van der Waals surface area contributed by atoms with E-state index in [2.05, 4.69) is 20.9 Å². The lowest BCUT2D eigenvalue weighted by molar-refractivity contribution is 0.618. The van der Waals surface area contributed by atoms with Gasteiger partial charge in [-0.3, -0.25) is 4.21 Å². The molecule has 0 fully saturated rings. The molecule has 2 aromatic rings. The summed E-state index contributed by atoms with van der Waals surface area (Å²) in [6.07, 6.45) is 2.41. The van der Waals surface area contributed by atoms with Gasteiger partial charge < -0.3 is 4.57 Å². The van der Waals surface area contributed by atoms with E-state index in [1.54, 1.807) is 12.3 Å². The van der Waals surface area contributed by atoms with Gasteiger partial charge >= 0.3 is 0 Å². The smallest absolute Gasteiger partial charge is 0.139 e. The van der Waals surface area contributed by atoms with E-state index in [1.165, 1.54) is 6.07 Å². The van der Waals surface area contributed by atoms with Gasteiger partial charge in [0, 0.05) is 35.4 Å². The first-order valence-electron chi connectivity index (χ1n) is 6.19. The van der Waals surface area contributed by atoms with Crippen molar-refractivity contribution in [1.82, 2.24) is 9.55 Å². The Morgan fingerprint density at radius 1 is 1.55 bits per heavy atom. The molecular formula is C13H15BrClFN2OS. The number of alkyl halides is 1. The Bertz CT molecular complexity index is 659. The second kappa shape index (κ2) is 6.54. The third-order valence-electron chi connectivity index (χ3n) is 2.99. The summed E-state index contributed by atoms with van der Waals surface area (Å²) in [5.41, 5.74) is 1.42. The fraction of sp³-hybridized carbons (Fsp3) is 0.462. The van der Waals surface area contributed by atoms with Crippen LogP contribution >= 0.6 is 27.5 Å². The van der Waals surface area contributed by atoms with Gasteiger partial charge in [0.1, 0.15) is 11.6 Å². The van der Waals surface area contributed by atoms with Crippen molar-refractivity contribution in [3.63, 3.8) is 0 Å². The van der Waals surface area contributed by atoms with Crippen LogP contribution in [0.25, 0.3) is 11.0 Å². The minimum absolute atomic E-state index is 0.267. The molecule has 2 atom stereocenters. The van der Waals surface area contributed by atoms with Crippen LogP contribution in [0.15, 0.2) is 16.6 Å². The van der Waals surface area contributed by atoms with Crippen LogP contribution in [-0.4, -0.2) is 25.8 Å². The van der Waals surface area contributed by atoms with Crippen LogP contribution in [0.1, 0.15) is 24.5 Å². The van der Waals surface area contributed by atoms with Gasteiger partial charge in [-0.2, -0.15) is 0 Å². The van der Waals surface area contributed by atoms with E-state index in [1.807, 2.05) is 11.5 Å². The minimum Gasteiger partial charge on any atom is -0.327 e. The molecule has 0 bridgehead atoms. The summed E-state index contributed by atoms with van der Waals surface area (Å²) in [5.74, 6) is 0.988. The lowest BCUT2D eigenvalue weighted by Crippen LogP contribution is -2.07. The molecule has 2 unspecified atom stereocenters. The topological polar surface area (TPSA) is 34.9 Å². The van der Waals surface area contributed by atoms with Gasteiger partial charge in [-0.05, 0) is 35.3 Å². The molecule has 1 aromatic carbocycles. The Labute approximate surface area is 133 Å². The Hall–Kier alpha value is -0.460. The van der Waals surface area contributed by atoms with Crippen LogP contribution in [0.4, 0.5) is 4.39 Å². The minimum atomic E-state index is -0.834. The van der Waals surface area contributed by atoms with Crippen molar-refractivity contribution >= 4 is 49.4 Å². The van der Waals surface area contributed by atoms with Crippen LogP contribution < -0.4 is 0 Å². The molecule has 0 aliphatic carbocycles. The molecule has 3 nitrogen and oxygen atoms in total. The van der Waals surface area contributed by atoms with Gasteiger partial charge in [0.25, 0.3) is 0 Å².